The normalized spacial score (nSPS) is 15.0. The molecule has 0 aliphatic carbocycles. The zero-order valence-corrected chi connectivity index (χ0v) is 10.9. The van der Waals surface area contributed by atoms with Crippen LogP contribution < -0.4 is 5.32 Å². The van der Waals surface area contributed by atoms with Crippen molar-refractivity contribution in [2.75, 3.05) is 18.6 Å². The molecule has 1 heterocycles. The third kappa shape index (κ3) is 4.11. The van der Waals surface area contributed by atoms with E-state index in [9.17, 15) is 5.11 Å². The molecule has 0 bridgehead atoms. The van der Waals surface area contributed by atoms with Gasteiger partial charge in [-0.3, -0.25) is 0 Å². The van der Waals surface area contributed by atoms with Crippen molar-refractivity contribution >= 4 is 11.8 Å². The molecule has 6 heteroatoms. The Morgan fingerprint density at radius 1 is 1.62 bits per heavy atom. The second-order valence-corrected chi connectivity index (χ2v) is 4.89. The van der Waals surface area contributed by atoms with Crippen molar-refractivity contribution in [3.05, 3.63) is 12.2 Å². The minimum absolute atomic E-state index is 0.560. The number of aromatic nitrogens is 3. The molecule has 0 saturated heterocycles. The lowest BCUT2D eigenvalue weighted by Crippen LogP contribution is -2.40. The molecule has 5 nitrogen and oxygen atoms in total. The topological polar surface area (TPSA) is 63.0 Å². The summed E-state index contributed by atoms with van der Waals surface area (Å²) in [6.07, 6.45) is 3.54. The number of rotatable bonds is 7. The van der Waals surface area contributed by atoms with Crippen LogP contribution in [0.15, 0.2) is 6.33 Å². The molecule has 0 fully saturated rings. The van der Waals surface area contributed by atoms with E-state index < -0.39 is 5.60 Å². The van der Waals surface area contributed by atoms with Gasteiger partial charge < -0.3 is 10.4 Å². The summed E-state index contributed by atoms with van der Waals surface area (Å²) in [6, 6.07) is 0. The van der Waals surface area contributed by atoms with Gasteiger partial charge in [0.05, 0.1) is 12.1 Å². The molecule has 1 atom stereocenters. The van der Waals surface area contributed by atoms with E-state index in [1.165, 1.54) is 0 Å². The Bertz CT molecular complexity index is 314. The van der Waals surface area contributed by atoms with Gasteiger partial charge in [-0.05, 0) is 20.1 Å². The maximum Gasteiger partial charge on any atom is 0.140 e. The highest BCUT2D eigenvalue weighted by atomic mass is 32.2. The van der Waals surface area contributed by atoms with Gasteiger partial charge >= 0.3 is 0 Å². The molecule has 0 spiro atoms. The molecule has 2 N–H and O–H groups in total. The molecule has 16 heavy (non-hydrogen) atoms. The highest BCUT2D eigenvalue weighted by molar-refractivity contribution is 7.98. The Morgan fingerprint density at radius 3 is 3.00 bits per heavy atom. The first kappa shape index (κ1) is 13.5. The highest BCUT2D eigenvalue weighted by Gasteiger charge is 2.18. The average Bonchev–Trinajstić information content (AvgIpc) is 2.64. The zero-order valence-electron chi connectivity index (χ0n) is 10.1. The van der Waals surface area contributed by atoms with E-state index in [1.807, 2.05) is 24.8 Å². The van der Waals surface area contributed by atoms with Gasteiger partial charge in [0, 0.05) is 18.8 Å². The molecule has 1 unspecified atom stereocenters. The molecular weight excluding hydrogens is 224 g/mol. The molecule has 0 aromatic carbocycles. The third-order valence-corrected chi connectivity index (χ3v) is 3.15. The van der Waals surface area contributed by atoms with Crippen LogP contribution in [0, 0.1) is 0 Å². The monoisotopic (exact) mass is 244 g/mol. The predicted octanol–water partition coefficient (Wildman–Crippen LogP) is 0.502. The predicted molar refractivity (Wildman–Crippen MR) is 66.4 cm³/mol. The number of aliphatic hydroxyl groups is 1. The van der Waals surface area contributed by atoms with Crippen LogP contribution >= 0.6 is 11.8 Å². The molecule has 0 saturated carbocycles. The van der Waals surface area contributed by atoms with E-state index in [4.69, 9.17) is 0 Å². The number of nitrogens with zero attached hydrogens (tertiary/aromatic N) is 3. The van der Waals surface area contributed by atoms with Crippen LogP contribution in [0.2, 0.25) is 0 Å². The van der Waals surface area contributed by atoms with Crippen molar-refractivity contribution in [2.24, 2.45) is 0 Å². The van der Waals surface area contributed by atoms with Crippen LogP contribution in [0.3, 0.4) is 0 Å². The third-order valence-electron chi connectivity index (χ3n) is 2.24. The van der Waals surface area contributed by atoms with Crippen LogP contribution in [0.4, 0.5) is 0 Å². The number of aryl methyl sites for hydroxylation is 1. The fourth-order valence-corrected chi connectivity index (χ4v) is 2.22. The quantitative estimate of drug-likeness (QED) is 0.731. The zero-order chi connectivity index (χ0) is 12.0. The van der Waals surface area contributed by atoms with Crippen LogP contribution in [0.25, 0.3) is 0 Å². The average molecular weight is 244 g/mol. The summed E-state index contributed by atoms with van der Waals surface area (Å²) < 4.78 is 1.84. The molecule has 0 aliphatic rings. The van der Waals surface area contributed by atoms with Crippen molar-refractivity contribution in [1.82, 2.24) is 20.1 Å². The van der Waals surface area contributed by atoms with E-state index in [0.29, 0.717) is 13.1 Å². The minimum Gasteiger partial charge on any atom is -0.388 e. The molecule has 92 valence electrons. The smallest absolute Gasteiger partial charge is 0.140 e. The lowest BCUT2D eigenvalue weighted by molar-refractivity contribution is 0.0843. The molecule has 0 aliphatic heterocycles. The molecule has 0 amide bonds. The Kier molecular flexibility index (Phi) is 5.24. The largest absolute Gasteiger partial charge is 0.388 e. The highest BCUT2D eigenvalue weighted by Crippen LogP contribution is 2.09. The summed E-state index contributed by atoms with van der Waals surface area (Å²) in [6.45, 7) is 5.88. The van der Waals surface area contributed by atoms with Gasteiger partial charge in [0.1, 0.15) is 12.2 Å². The Morgan fingerprint density at radius 2 is 2.38 bits per heavy atom. The van der Waals surface area contributed by atoms with E-state index in [-0.39, 0.29) is 0 Å². The van der Waals surface area contributed by atoms with Gasteiger partial charge in [-0.2, -0.15) is 16.9 Å². The van der Waals surface area contributed by atoms with Gasteiger partial charge in [0.2, 0.25) is 0 Å². The van der Waals surface area contributed by atoms with Crippen LogP contribution in [-0.4, -0.2) is 44.0 Å². The van der Waals surface area contributed by atoms with Crippen LogP contribution in [-0.2, 0) is 13.1 Å². The SMILES string of the molecule is CCn1ncnc1CNCC(C)(O)CSC. The summed E-state index contributed by atoms with van der Waals surface area (Å²) in [5.41, 5.74) is -0.670. The van der Waals surface area contributed by atoms with Crippen molar-refractivity contribution in [1.29, 1.82) is 0 Å². The number of hydrogen-bond acceptors (Lipinski definition) is 5. The fourth-order valence-electron chi connectivity index (χ4n) is 1.49. The van der Waals surface area contributed by atoms with Gasteiger partial charge in [0.25, 0.3) is 0 Å². The van der Waals surface area contributed by atoms with Crippen LogP contribution in [0.5, 0.6) is 0 Å². The maximum atomic E-state index is 9.94. The number of nitrogens with one attached hydrogen (secondary N) is 1. The summed E-state index contributed by atoms with van der Waals surface area (Å²) in [5.74, 6) is 1.63. The van der Waals surface area contributed by atoms with Gasteiger partial charge in [0.15, 0.2) is 0 Å². The first-order chi connectivity index (χ1) is 7.59. The molecular formula is C10H20N4OS. The fraction of sp³-hybridized carbons (Fsp3) is 0.800. The van der Waals surface area contributed by atoms with Crippen molar-refractivity contribution in [2.45, 2.75) is 32.5 Å². The number of thioether (sulfide) groups is 1. The van der Waals surface area contributed by atoms with Crippen molar-refractivity contribution in [3.8, 4) is 0 Å². The van der Waals surface area contributed by atoms with E-state index in [2.05, 4.69) is 15.4 Å². The summed E-state index contributed by atoms with van der Waals surface area (Å²) in [4.78, 5) is 4.16. The van der Waals surface area contributed by atoms with E-state index in [0.717, 1.165) is 18.1 Å². The van der Waals surface area contributed by atoms with Crippen molar-refractivity contribution in [3.63, 3.8) is 0 Å². The van der Waals surface area contributed by atoms with Gasteiger partial charge in [-0.15, -0.1) is 0 Å². The number of hydrogen-bond donors (Lipinski definition) is 2. The van der Waals surface area contributed by atoms with E-state index in [1.54, 1.807) is 18.1 Å². The first-order valence-corrected chi connectivity index (χ1v) is 6.77. The Hall–Kier alpha value is -0.590. The Labute approximate surface area is 101 Å². The van der Waals surface area contributed by atoms with Crippen LogP contribution in [0.1, 0.15) is 19.7 Å². The lowest BCUT2D eigenvalue weighted by atomic mass is 10.1. The summed E-state index contributed by atoms with van der Waals surface area (Å²) in [5, 5.41) is 17.2. The minimum atomic E-state index is -0.670. The summed E-state index contributed by atoms with van der Waals surface area (Å²) >= 11 is 1.64. The Balaban J connectivity index is 2.35. The second-order valence-electron chi connectivity index (χ2n) is 4.03. The molecule has 1 aromatic heterocycles. The second kappa shape index (κ2) is 6.22. The maximum absolute atomic E-state index is 9.94. The van der Waals surface area contributed by atoms with Gasteiger partial charge in [-0.1, -0.05) is 0 Å². The first-order valence-electron chi connectivity index (χ1n) is 5.38. The van der Waals surface area contributed by atoms with E-state index >= 15 is 0 Å². The molecule has 0 radical (unpaired) electrons. The lowest BCUT2D eigenvalue weighted by Gasteiger charge is -2.22. The standard InChI is InChI=1S/C10H20N4OS/c1-4-14-9(12-8-13-14)5-11-6-10(2,15)7-16-3/h8,11,15H,4-7H2,1-3H3. The molecule has 1 rings (SSSR count). The molecule has 1 aromatic rings. The summed E-state index contributed by atoms with van der Waals surface area (Å²) in [7, 11) is 0. The van der Waals surface area contributed by atoms with Crippen molar-refractivity contribution < 1.29 is 5.11 Å². The van der Waals surface area contributed by atoms with Gasteiger partial charge in [-0.25, -0.2) is 9.67 Å².